The lowest BCUT2D eigenvalue weighted by molar-refractivity contribution is 0.196. The molecule has 4 heteroatoms. The van der Waals surface area contributed by atoms with Crippen molar-refractivity contribution in [2.75, 3.05) is 6.61 Å². The van der Waals surface area contributed by atoms with E-state index in [4.69, 9.17) is 4.52 Å². The van der Waals surface area contributed by atoms with Crippen LogP contribution in [0.15, 0.2) is 23.3 Å². The molecule has 1 N–H and O–H groups in total. The van der Waals surface area contributed by atoms with E-state index in [2.05, 4.69) is 34.9 Å². The van der Waals surface area contributed by atoms with E-state index in [1.54, 1.807) is 0 Å². The van der Waals surface area contributed by atoms with Crippen LogP contribution in [-0.4, -0.2) is 17.8 Å². The smallest absolute Gasteiger partial charge is 0.0747 e. The molecule has 18 heavy (non-hydrogen) atoms. The molecule has 3 unspecified atom stereocenters. The van der Waals surface area contributed by atoms with Crippen molar-refractivity contribution in [3.63, 3.8) is 0 Å². The van der Waals surface area contributed by atoms with Crippen LogP contribution in [0.3, 0.4) is 0 Å². The first-order valence-corrected chi connectivity index (χ1v) is 9.41. The van der Waals surface area contributed by atoms with Crippen molar-refractivity contribution in [1.82, 2.24) is 0 Å². The Hall–Kier alpha value is 0.260. The van der Waals surface area contributed by atoms with Crippen molar-refractivity contribution in [2.45, 2.75) is 59.0 Å². The summed E-state index contributed by atoms with van der Waals surface area (Å²) in [6.45, 7) is 7.01. The summed E-state index contributed by atoms with van der Waals surface area (Å²) in [6, 6.07) is 0. The van der Waals surface area contributed by atoms with Gasteiger partial charge in [-0.25, -0.2) is 0 Å². The van der Waals surface area contributed by atoms with Gasteiger partial charge in [0.05, 0.1) is 12.7 Å². The third-order valence-corrected chi connectivity index (χ3v) is 3.79. The first-order valence-electron chi connectivity index (χ1n) is 6.69. The number of unbranched alkanes of at least 4 members (excludes halogenated alkanes) is 1. The summed E-state index contributed by atoms with van der Waals surface area (Å²) >= 11 is 0. The van der Waals surface area contributed by atoms with Gasteiger partial charge in [0, 0.05) is 8.50 Å². The fraction of sp³-hybridized carbons (Fsp3) is 0.714. The zero-order valence-electron chi connectivity index (χ0n) is 11.9. The van der Waals surface area contributed by atoms with Crippen LogP contribution in [-0.2, 0) is 4.52 Å². The molecule has 0 amide bonds. The fourth-order valence-electron chi connectivity index (χ4n) is 1.62. The largest absolute Gasteiger partial charge is 0.389 e. The van der Waals surface area contributed by atoms with Gasteiger partial charge in [0.2, 0.25) is 0 Å². The summed E-state index contributed by atoms with van der Waals surface area (Å²) in [5, 5.41) is 9.88. The van der Waals surface area contributed by atoms with Crippen molar-refractivity contribution in [3.05, 3.63) is 23.3 Å². The number of allylic oxidation sites excluding steroid dienone is 2. The predicted molar refractivity (Wildman–Crippen MR) is 86.3 cm³/mol. The Kier molecular flexibility index (Phi) is 12.5. The van der Waals surface area contributed by atoms with E-state index < -0.39 is 0 Å². The zero-order valence-corrected chi connectivity index (χ0v) is 14.1. The van der Waals surface area contributed by atoms with E-state index in [0.717, 1.165) is 37.7 Å². The van der Waals surface area contributed by atoms with Gasteiger partial charge in [-0.15, -0.1) is 0 Å². The Morgan fingerprint density at radius 1 is 1.39 bits per heavy atom. The van der Waals surface area contributed by atoms with Crippen LogP contribution in [0.5, 0.6) is 0 Å². The minimum atomic E-state index is -0.254. The maximum absolute atomic E-state index is 9.88. The Balaban J connectivity index is 3.88. The molecule has 2 nitrogen and oxygen atoms in total. The Bertz CT molecular complexity index is 263. The highest BCUT2D eigenvalue weighted by Gasteiger charge is 2.04. The van der Waals surface area contributed by atoms with Crippen molar-refractivity contribution >= 4 is 17.4 Å². The van der Waals surface area contributed by atoms with Gasteiger partial charge in [0.25, 0.3) is 0 Å². The second kappa shape index (κ2) is 12.3. The van der Waals surface area contributed by atoms with Crippen molar-refractivity contribution in [1.29, 1.82) is 0 Å². The van der Waals surface area contributed by atoms with Crippen molar-refractivity contribution in [2.24, 2.45) is 0 Å². The topological polar surface area (TPSA) is 29.5 Å². The highest BCUT2D eigenvalue weighted by Crippen LogP contribution is 2.21. The molecule has 0 fully saturated rings. The van der Waals surface area contributed by atoms with E-state index in [0.29, 0.717) is 15.1 Å². The Labute approximate surface area is 116 Å². The first kappa shape index (κ1) is 18.3. The van der Waals surface area contributed by atoms with Gasteiger partial charge in [-0.05, 0) is 38.7 Å². The molecule has 106 valence electrons. The van der Waals surface area contributed by atoms with Crippen LogP contribution in [0.4, 0.5) is 0 Å². The quantitative estimate of drug-likeness (QED) is 0.361. The Morgan fingerprint density at radius 2 is 2.11 bits per heavy atom. The molecule has 0 rings (SSSR count). The third kappa shape index (κ3) is 10.2. The van der Waals surface area contributed by atoms with Gasteiger partial charge in [-0.2, -0.15) is 0 Å². The minimum Gasteiger partial charge on any atom is -0.389 e. The molecule has 0 spiro atoms. The van der Waals surface area contributed by atoms with E-state index in [-0.39, 0.29) is 6.10 Å². The standard InChI is InChI=1S/C14H28O2P2/c1-4-5-9-14(15)13(3)8-6-7-12(2)10-11-16-18-17/h8,10,14-15,18H,4-7,9,11,17H2,1-3H3. The number of hydrogen-bond donors (Lipinski definition) is 1. The molecule has 0 radical (unpaired) electrons. The lowest BCUT2D eigenvalue weighted by atomic mass is 10.0. The molecule has 0 saturated heterocycles. The van der Waals surface area contributed by atoms with Gasteiger partial charge in [0.15, 0.2) is 0 Å². The van der Waals surface area contributed by atoms with Gasteiger partial charge >= 0.3 is 0 Å². The monoisotopic (exact) mass is 290 g/mol. The van der Waals surface area contributed by atoms with Crippen LogP contribution < -0.4 is 0 Å². The minimum absolute atomic E-state index is 0.254. The first-order chi connectivity index (χ1) is 8.61. The Morgan fingerprint density at radius 3 is 2.72 bits per heavy atom. The number of aliphatic hydroxyl groups is 1. The molecular formula is C14H28O2P2. The molecule has 3 atom stereocenters. The average Bonchev–Trinajstić information content (AvgIpc) is 2.36. The molecular weight excluding hydrogens is 262 g/mol. The van der Waals surface area contributed by atoms with Crippen molar-refractivity contribution < 1.29 is 9.63 Å². The van der Waals surface area contributed by atoms with E-state index in [1.165, 1.54) is 5.57 Å². The highest BCUT2D eigenvalue weighted by atomic mass is 32.0. The van der Waals surface area contributed by atoms with Crippen LogP contribution in [0.2, 0.25) is 0 Å². The van der Waals surface area contributed by atoms with Gasteiger partial charge < -0.3 is 9.63 Å². The molecule has 0 heterocycles. The SMILES string of the molecule is CCCCC(O)C(C)=CCCC(C)=CCOPP. The second-order valence-electron chi connectivity index (χ2n) is 4.62. The number of rotatable bonds is 10. The molecule has 0 aliphatic rings. The van der Waals surface area contributed by atoms with E-state index in [9.17, 15) is 5.11 Å². The summed E-state index contributed by atoms with van der Waals surface area (Å²) in [5.41, 5.74) is 2.46. The summed E-state index contributed by atoms with van der Waals surface area (Å²) < 4.78 is 5.27. The van der Waals surface area contributed by atoms with E-state index in [1.807, 2.05) is 6.92 Å². The maximum Gasteiger partial charge on any atom is 0.0747 e. The summed E-state index contributed by atoms with van der Waals surface area (Å²) in [6.07, 6.45) is 9.21. The lowest BCUT2D eigenvalue weighted by Crippen LogP contribution is -2.07. The fourth-order valence-corrected chi connectivity index (χ4v) is 2.09. The van der Waals surface area contributed by atoms with Gasteiger partial charge in [-0.3, -0.25) is 0 Å². The summed E-state index contributed by atoms with van der Waals surface area (Å²) in [5.74, 6) is 0. The van der Waals surface area contributed by atoms with Gasteiger partial charge in [-0.1, -0.05) is 46.4 Å². The molecule has 0 aliphatic heterocycles. The highest BCUT2D eigenvalue weighted by molar-refractivity contribution is 8.00. The van der Waals surface area contributed by atoms with Crippen molar-refractivity contribution in [3.8, 4) is 0 Å². The molecule has 0 bridgehead atoms. The summed E-state index contributed by atoms with van der Waals surface area (Å²) in [7, 11) is 3.05. The van der Waals surface area contributed by atoms with Gasteiger partial charge in [0.1, 0.15) is 0 Å². The van der Waals surface area contributed by atoms with Crippen LogP contribution in [0.25, 0.3) is 0 Å². The lowest BCUT2D eigenvalue weighted by Gasteiger charge is -2.10. The number of hydrogen-bond acceptors (Lipinski definition) is 2. The maximum atomic E-state index is 9.88. The van der Waals surface area contributed by atoms with Crippen LogP contribution in [0.1, 0.15) is 52.9 Å². The second-order valence-corrected chi connectivity index (χ2v) is 5.86. The molecule has 0 saturated carbocycles. The predicted octanol–water partition coefficient (Wildman–Crippen LogP) is 4.61. The molecule has 0 aromatic heterocycles. The normalized spacial score (nSPS) is 15.6. The molecule has 0 aliphatic carbocycles. The third-order valence-electron chi connectivity index (χ3n) is 2.96. The van der Waals surface area contributed by atoms with Crippen LogP contribution in [0, 0.1) is 0 Å². The molecule has 0 aromatic carbocycles. The van der Waals surface area contributed by atoms with E-state index >= 15 is 0 Å². The van der Waals surface area contributed by atoms with Crippen LogP contribution >= 0.6 is 17.4 Å². The number of aliphatic hydroxyl groups excluding tert-OH is 1. The zero-order chi connectivity index (χ0) is 13.8. The average molecular weight is 290 g/mol. The summed E-state index contributed by atoms with van der Waals surface area (Å²) in [4.78, 5) is 0. The molecule has 0 aromatic rings.